The molecule has 2 unspecified atom stereocenters. The zero-order valence-electron chi connectivity index (χ0n) is 36.9. The Hall–Kier alpha value is -4.64. The van der Waals surface area contributed by atoms with E-state index in [0.29, 0.717) is 33.9 Å². The molecule has 374 valence electrons. The van der Waals surface area contributed by atoms with Gasteiger partial charge in [0.1, 0.15) is 6.54 Å². The molecule has 5 rings (SSSR count). The Labute approximate surface area is 390 Å². The van der Waals surface area contributed by atoms with Gasteiger partial charge in [0.25, 0.3) is 30.4 Å². The third-order valence-electron chi connectivity index (χ3n) is 11.8. The number of unbranched alkanes of at least 4 members (excludes halogenated alkanes) is 2. The van der Waals surface area contributed by atoms with Gasteiger partial charge in [-0.1, -0.05) is 6.08 Å². The van der Waals surface area contributed by atoms with E-state index in [1.54, 1.807) is 25.2 Å². The molecule has 2 aliphatic rings. The van der Waals surface area contributed by atoms with Crippen LogP contribution in [0, 0.1) is 23.3 Å². The largest absolute Gasteiger partial charge is 0.420 e. The van der Waals surface area contributed by atoms with Crippen LogP contribution in [0.5, 0.6) is 5.75 Å². The maximum atomic E-state index is 14.5. The SMILES string of the molecule is COCCN1/C(=C/C=C/C2=[N+](CCCCCC(=O)Oc3c(F)c(F)c(S(=O)(=O)O)c(F)c3F)c3ccc(S(=O)(=O)O)cc3C2(C)CCOC)C(C)(CCCS(=O)(=O)O)c2cc(S(=O)(=O)O)ccc21. The van der Waals surface area contributed by atoms with Crippen LogP contribution in [0.25, 0.3) is 0 Å². The van der Waals surface area contributed by atoms with E-state index in [0.717, 1.165) is 0 Å². The predicted octanol–water partition coefficient (Wildman–Crippen LogP) is 6.07. The summed E-state index contributed by atoms with van der Waals surface area (Å²) < 4.78 is 209. The lowest BCUT2D eigenvalue weighted by Crippen LogP contribution is -2.33. The van der Waals surface area contributed by atoms with Gasteiger partial charge in [-0.3, -0.25) is 23.0 Å². The molecule has 4 N–H and O–H groups in total. The smallest absolute Gasteiger partial charge is 0.311 e. The van der Waals surface area contributed by atoms with Gasteiger partial charge in [0.05, 0.1) is 27.6 Å². The monoisotopic (exact) mass is 1040 g/mol. The molecule has 0 saturated heterocycles. The second-order valence-corrected chi connectivity index (χ2v) is 22.1. The number of carbonyl (C=O) groups excluding carboxylic acids is 1. The van der Waals surface area contributed by atoms with Gasteiger partial charge in [0.15, 0.2) is 22.2 Å². The number of hydrogen-bond donors (Lipinski definition) is 4. The van der Waals surface area contributed by atoms with Gasteiger partial charge in [-0.2, -0.15) is 47.0 Å². The number of nitrogens with zero attached hydrogens (tertiary/aromatic N) is 2. The number of ether oxygens (including phenoxy) is 3. The first-order valence-electron chi connectivity index (χ1n) is 20.5. The van der Waals surface area contributed by atoms with Crippen LogP contribution >= 0.6 is 0 Å². The molecule has 3 aromatic rings. The van der Waals surface area contributed by atoms with Crippen molar-refractivity contribution in [3.05, 3.63) is 94.7 Å². The number of fused-ring (bicyclic) bond motifs is 2. The highest BCUT2D eigenvalue weighted by atomic mass is 32.2. The van der Waals surface area contributed by atoms with E-state index in [9.17, 15) is 69.7 Å². The molecule has 0 spiro atoms. The Kier molecular flexibility index (Phi) is 16.6. The van der Waals surface area contributed by atoms with E-state index >= 15 is 0 Å². The van der Waals surface area contributed by atoms with Gasteiger partial charge in [0.2, 0.25) is 23.1 Å². The van der Waals surface area contributed by atoms with Gasteiger partial charge < -0.3 is 19.1 Å². The van der Waals surface area contributed by atoms with Gasteiger partial charge in [-0.25, -0.2) is 8.78 Å². The highest BCUT2D eigenvalue weighted by Gasteiger charge is 2.48. The summed E-state index contributed by atoms with van der Waals surface area (Å²) in [5.41, 5.74) is 0.935. The Morgan fingerprint density at radius 2 is 1.31 bits per heavy atom. The number of allylic oxidation sites excluding steroid dienone is 4. The highest BCUT2D eigenvalue weighted by Crippen LogP contribution is 2.51. The molecule has 0 aliphatic carbocycles. The molecule has 0 fully saturated rings. The molecule has 2 aliphatic heterocycles. The molecular formula is C42H49F4N2O16S4+. The average molecular weight is 1040 g/mol. The summed E-state index contributed by atoms with van der Waals surface area (Å²) in [6.45, 7) is 4.32. The summed E-state index contributed by atoms with van der Waals surface area (Å²) >= 11 is 0. The van der Waals surface area contributed by atoms with Crippen LogP contribution in [0.1, 0.15) is 69.9 Å². The number of hydrogen-bond acceptors (Lipinski definition) is 13. The number of benzene rings is 3. The standard InChI is InChI=1S/C42H48F4N2O16S4/c1-41(17-9-23-65(50,51)52)28-24-26(66(53,54)55)14-16-31(28)48(20-22-63-4)32(41)10-8-11-33-42(2,18-21-62-3)29-25-27(67(56,57)58)13-15-30(29)47(33)19-7-5-6-12-34(49)64-39-35(43)37(45)40(68(59,60)61)38(46)36(39)44/h8,10-11,13-16,24-25H,5-7,9,12,17-23H2,1-4H3,(H3-,50,51,52,53,54,55,56,57,58,59,60,61)/p+1. The van der Waals surface area contributed by atoms with Gasteiger partial charge in [0, 0.05) is 74.7 Å². The van der Waals surface area contributed by atoms with Crippen LogP contribution in [0.2, 0.25) is 0 Å². The number of carbonyl (C=O) groups is 1. The van der Waals surface area contributed by atoms with Gasteiger partial charge in [-0.05, 0) is 87.9 Å². The lowest BCUT2D eigenvalue weighted by molar-refractivity contribution is -0.438. The lowest BCUT2D eigenvalue weighted by atomic mass is 9.76. The summed E-state index contributed by atoms with van der Waals surface area (Å²) in [5.74, 6) is -13.6. The summed E-state index contributed by atoms with van der Waals surface area (Å²) in [6, 6.07) is 8.04. The van der Waals surface area contributed by atoms with Crippen molar-refractivity contribution >= 4 is 63.5 Å². The first kappa shape index (κ1) is 54.3. The Morgan fingerprint density at radius 3 is 1.87 bits per heavy atom. The van der Waals surface area contributed by atoms with Gasteiger partial charge >= 0.3 is 16.1 Å². The van der Waals surface area contributed by atoms with Crippen LogP contribution < -0.4 is 9.64 Å². The van der Waals surface area contributed by atoms with E-state index in [2.05, 4.69) is 4.74 Å². The predicted molar refractivity (Wildman–Crippen MR) is 236 cm³/mol. The first-order chi connectivity index (χ1) is 31.5. The average Bonchev–Trinajstić information content (AvgIpc) is 3.60. The van der Waals surface area contributed by atoms with Crippen molar-refractivity contribution in [3.8, 4) is 5.75 Å². The Bertz CT molecular complexity index is 3010. The summed E-state index contributed by atoms with van der Waals surface area (Å²) in [7, 11) is -16.6. The zero-order chi connectivity index (χ0) is 50.8. The number of anilines is 1. The van der Waals surface area contributed by atoms with Crippen LogP contribution in [0.4, 0.5) is 28.9 Å². The number of esters is 1. The van der Waals surface area contributed by atoms with Crippen molar-refractivity contribution < 1.29 is 93.0 Å². The molecular weight excluding hydrogens is 993 g/mol. The second kappa shape index (κ2) is 20.8. The molecule has 0 saturated carbocycles. The number of methoxy groups -OCH3 is 2. The molecule has 2 heterocycles. The maximum absolute atomic E-state index is 14.5. The third-order valence-corrected chi connectivity index (χ3v) is 15.2. The van der Waals surface area contributed by atoms with Crippen molar-refractivity contribution in [1.29, 1.82) is 0 Å². The molecule has 0 amide bonds. The minimum absolute atomic E-state index is 0.00985. The lowest BCUT2D eigenvalue weighted by Gasteiger charge is -2.30. The van der Waals surface area contributed by atoms with Crippen LogP contribution in [0.3, 0.4) is 0 Å². The summed E-state index contributed by atoms with van der Waals surface area (Å²) in [4.78, 5) is 11.3. The zero-order valence-corrected chi connectivity index (χ0v) is 40.2. The fourth-order valence-electron chi connectivity index (χ4n) is 8.51. The van der Waals surface area contributed by atoms with Crippen LogP contribution in [0.15, 0.2) is 75.0 Å². The molecule has 0 radical (unpaired) electrons. The highest BCUT2D eigenvalue weighted by molar-refractivity contribution is 7.86. The van der Waals surface area contributed by atoms with Crippen molar-refractivity contribution in [2.45, 2.75) is 84.3 Å². The van der Waals surface area contributed by atoms with Crippen molar-refractivity contribution in [3.63, 3.8) is 0 Å². The minimum Gasteiger partial charge on any atom is -0.420 e. The molecule has 0 aromatic heterocycles. The quantitative estimate of drug-likeness (QED) is 0.0169. The fourth-order valence-corrected chi connectivity index (χ4v) is 10.7. The Morgan fingerprint density at radius 1 is 0.721 bits per heavy atom. The summed E-state index contributed by atoms with van der Waals surface area (Å²) in [6.07, 6.45) is 5.35. The maximum Gasteiger partial charge on any atom is 0.311 e. The topological polar surface area (TPSA) is 268 Å². The minimum atomic E-state index is -5.75. The third kappa shape index (κ3) is 11.7. The number of rotatable bonds is 22. The summed E-state index contributed by atoms with van der Waals surface area (Å²) in [5, 5.41) is 0. The normalized spacial score (nSPS) is 19.4. The molecule has 0 bridgehead atoms. The molecule has 26 heteroatoms. The van der Waals surface area contributed by atoms with Crippen LogP contribution in [-0.2, 0) is 65.6 Å². The van der Waals surface area contributed by atoms with E-state index < -0.39 is 113 Å². The van der Waals surface area contributed by atoms with Crippen LogP contribution in [-0.4, -0.2) is 114 Å². The van der Waals surface area contributed by atoms with E-state index in [1.807, 2.05) is 16.4 Å². The van der Waals surface area contributed by atoms with Crippen molar-refractivity contribution in [2.24, 2.45) is 0 Å². The van der Waals surface area contributed by atoms with Crippen molar-refractivity contribution in [1.82, 2.24) is 0 Å². The molecule has 3 aromatic carbocycles. The van der Waals surface area contributed by atoms with E-state index in [-0.39, 0.29) is 64.8 Å². The second-order valence-electron chi connectivity index (χ2n) is 16.4. The van der Waals surface area contributed by atoms with E-state index in [1.165, 1.54) is 50.6 Å². The molecule has 68 heavy (non-hydrogen) atoms. The van der Waals surface area contributed by atoms with E-state index in [4.69, 9.17) is 14.0 Å². The van der Waals surface area contributed by atoms with Gasteiger partial charge in [-0.15, -0.1) is 0 Å². The van der Waals surface area contributed by atoms with Crippen molar-refractivity contribution in [2.75, 3.05) is 51.2 Å². The Balaban J connectivity index is 1.54. The number of halogens is 4. The fraction of sp³-hybridized carbons (Fsp3) is 0.429. The molecule has 18 nitrogen and oxygen atoms in total. The molecule has 2 atom stereocenters. The first-order valence-corrected chi connectivity index (χ1v) is 26.5.